The van der Waals surface area contributed by atoms with Crippen molar-refractivity contribution in [3.63, 3.8) is 0 Å². The van der Waals surface area contributed by atoms with Gasteiger partial charge in [0, 0.05) is 12.5 Å². The molecule has 0 aromatic heterocycles. The predicted octanol–water partition coefficient (Wildman–Crippen LogP) is 0.489. The Bertz CT molecular complexity index is 493. The van der Waals surface area contributed by atoms with Crippen molar-refractivity contribution in [2.24, 2.45) is 0 Å². The van der Waals surface area contributed by atoms with E-state index in [1.54, 1.807) is 18.2 Å². The number of fused-ring (bicyclic) bond motifs is 1. The number of aliphatic hydroxyl groups excluding tert-OH is 1. The average molecular weight is 232 g/mol. The van der Waals surface area contributed by atoms with E-state index in [1.807, 2.05) is 6.07 Å². The molecule has 1 amide bonds. The Morgan fingerprint density at radius 3 is 3.06 bits per heavy atom. The van der Waals surface area contributed by atoms with Crippen LogP contribution in [0, 0.1) is 11.3 Å². The summed E-state index contributed by atoms with van der Waals surface area (Å²) in [6.07, 6.45) is -0.805. The summed E-state index contributed by atoms with van der Waals surface area (Å²) in [5.74, 6) is 0.359. The van der Waals surface area contributed by atoms with Gasteiger partial charge < -0.3 is 15.2 Å². The largest absolute Gasteiger partial charge is 0.490 e. The van der Waals surface area contributed by atoms with Crippen LogP contribution in [-0.2, 0) is 4.79 Å². The number of hydrogen-bond donors (Lipinski definition) is 2. The Kier molecular flexibility index (Phi) is 2.98. The van der Waals surface area contributed by atoms with E-state index in [0.29, 0.717) is 16.9 Å². The number of carbonyl (C=O) groups is 1. The number of rotatable bonds is 1. The van der Waals surface area contributed by atoms with Gasteiger partial charge in [0.15, 0.2) is 0 Å². The summed E-state index contributed by atoms with van der Waals surface area (Å²) in [6.45, 7) is 1.51. The van der Waals surface area contributed by atoms with E-state index in [9.17, 15) is 9.90 Å². The molecule has 0 spiro atoms. The number of nitrogens with zero attached hydrogens (tertiary/aromatic N) is 1. The highest BCUT2D eigenvalue weighted by molar-refractivity contribution is 5.73. The molecule has 0 saturated heterocycles. The monoisotopic (exact) mass is 232 g/mol. The first kappa shape index (κ1) is 11.4. The molecule has 1 heterocycles. The summed E-state index contributed by atoms with van der Waals surface area (Å²) in [5.41, 5.74) is 1.11. The summed E-state index contributed by atoms with van der Waals surface area (Å²) in [4.78, 5) is 11.1. The normalized spacial score (nSPS) is 21.9. The molecule has 2 N–H and O–H groups in total. The number of amides is 1. The zero-order valence-corrected chi connectivity index (χ0v) is 9.30. The Hall–Kier alpha value is -2.06. The highest BCUT2D eigenvalue weighted by Crippen LogP contribution is 2.32. The third-order valence-electron chi connectivity index (χ3n) is 2.63. The lowest BCUT2D eigenvalue weighted by Gasteiger charge is -2.30. The molecule has 2 atom stereocenters. The summed E-state index contributed by atoms with van der Waals surface area (Å²) >= 11 is 0. The van der Waals surface area contributed by atoms with Gasteiger partial charge in [-0.15, -0.1) is 0 Å². The molecule has 0 saturated carbocycles. The fourth-order valence-electron chi connectivity index (χ4n) is 1.86. The molecule has 5 heteroatoms. The molecule has 1 aliphatic rings. The molecule has 1 aliphatic heterocycles. The molecule has 88 valence electrons. The van der Waals surface area contributed by atoms with E-state index in [2.05, 4.69) is 5.32 Å². The van der Waals surface area contributed by atoms with Crippen molar-refractivity contribution in [2.75, 3.05) is 6.61 Å². The van der Waals surface area contributed by atoms with E-state index in [-0.39, 0.29) is 12.5 Å². The molecule has 17 heavy (non-hydrogen) atoms. The standard InChI is InChI=1S/C12H12N2O3/c1-7(15)14-12-9-4-8(5-13)2-3-11(9)17-6-10(12)16/h2-4,10,12,16H,6H2,1H3,(H,14,15)/t10-,12-/m1/s1. The second-order valence-corrected chi connectivity index (χ2v) is 3.92. The van der Waals surface area contributed by atoms with Crippen LogP contribution in [0.25, 0.3) is 0 Å². The minimum atomic E-state index is -0.805. The maximum atomic E-state index is 11.1. The van der Waals surface area contributed by atoms with Gasteiger partial charge in [0.1, 0.15) is 18.5 Å². The summed E-state index contributed by atoms with van der Waals surface area (Å²) < 4.78 is 5.34. The lowest BCUT2D eigenvalue weighted by molar-refractivity contribution is -0.121. The van der Waals surface area contributed by atoms with E-state index in [1.165, 1.54) is 6.92 Å². The van der Waals surface area contributed by atoms with Crippen molar-refractivity contribution in [1.29, 1.82) is 5.26 Å². The van der Waals surface area contributed by atoms with E-state index in [4.69, 9.17) is 10.00 Å². The Morgan fingerprint density at radius 1 is 1.65 bits per heavy atom. The zero-order valence-electron chi connectivity index (χ0n) is 9.30. The van der Waals surface area contributed by atoms with Crippen LogP contribution in [0.1, 0.15) is 24.1 Å². The van der Waals surface area contributed by atoms with Crippen molar-refractivity contribution in [1.82, 2.24) is 5.32 Å². The van der Waals surface area contributed by atoms with Gasteiger partial charge in [0.05, 0.1) is 17.7 Å². The molecule has 0 fully saturated rings. The first-order chi connectivity index (χ1) is 8.11. The summed E-state index contributed by atoms with van der Waals surface area (Å²) in [5, 5.41) is 21.3. The quantitative estimate of drug-likeness (QED) is 0.738. The first-order valence-electron chi connectivity index (χ1n) is 5.24. The van der Waals surface area contributed by atoms with Gasteiger partial charge in [-0.05, 0) is 18.2 Å². The van der Waals surface area contributed by atoms with Crippen LogP contribution < -0.4 is 10.1 Å². The number of ether oxygens (including phenoxy) is 1. The predicted molar refractivity (Wildman–Crippen MR) is 59.2 cm³/mol. The minimum Gasteiger partial charge on any atom is -0.490 e. The van der Waals surface area contributed by atoms with Crippen molar-refractivity contribution < 1.29 is 14.6 Å². The third kappa shape index (κ3) is 2.22. The van der Waals surface area contributed by atoms with E-state index < -0.39 is 12.1 Å². The Balaban J connectivity index is 2.42. The number of aliphatic hydroxyl groups is 1. The van der Waals surface area contributed by atoms with Crippen molar-refractivity contribution in [3.05, 3.63) is 29.3 Å². The first-order valence-corrected chi connectivity index (χ1v) is 5.24. The fourth-order valence-corrected chi connectivity index (χ4v) is 1.86. The van der Waals surface area contributed by atoms with Gasteiger partial charge in [0.2, 0.25) is 5.91 Å². The van der Waals surface area contributed by atoms with Crippen molar-refractivity contribution in [3.8, 4) is 11.8 Å². The third-order valence-corrected chi connectivity index (χ3v) is 2.63. The molecular formula is C12H12N2O3. The molecule has 0 aliphatic carbocycles. The van der Waals surface area contributed by atoms with Crippen molar-refractivity contribution in [2.45, 2.75) is 19.1 Å². The second kappa shape index (κ2) is 4.44. The van der Waals surface area contributed by atoms with Gasteiger partial charge >= 0.3 is 0 Å². The topological polar surface area (TPSA) is 82.4 Å². The van der Waals surface area contributed by atoms with E-state index in [0.717, 1.165) is 0 Å². The van der Waals surface area contributed by atoms with Gasteiger partial charge in [0.25, 0.3) is 0 Å². The van der Waals surface area contributed by atoms with Crippen LogP contribution in [0.15, 0.2) is 18.2 Å². The van der Waals surface area contributed by atoms with E-state index >= 15 is 0 Å². The lowest BCUT2D eigenvalue weighted by atomic mass is 9.96. The smallest absolute Gasteiger partial charge is 0.217 e. The minimum absolute atomic E-state index is 0.129. The number of nitriles is 1. The number of carbonyl (C=O) groups excluding carboxylic acids is 1. The van der Waals surface area contributed by atoms with Crippen LogP contribution in [0.5, 0.6) is 5.75 Å². The second-order valence-electron chi connectivity index (χ2n) is 3.92. The van der Waals surface area contributed by atoms with Gasteiger partial charge in [-0.3, -0.25) is 4.79 Å². The Labute approximate surface area is 98.6 Å². The molecule has 1 aromatic carbocycles. The molecule has 1 aromatic rings. The van der Waals surface area contributed by atoms with Crippen LogP contribution >= 0.6 is 0 Å². The van der Waals surface area contributed by atoms with Crippen LogP contribution in [0.4, 0.5) is 0 Å². The van der Waals surface area contributed by atoms with Gasteiger partial charge in [-0.1, -0.05) is 0 Å². The Morgan fingerprint density at radius 2 is 2.41 bits per heavy atom. The van der Waals surface area contributed by atoms with Gasteiger partial charge in [-0.25, -0.2) is 0 Å². The molecule has 2 rings (SSSR count). The van der Waals surface area contributed by atoms with Crippen LogP contribution in [0.2, 0.25) is 0 Å². The van der Waals surface area contributed by atoms with Crippen LogP contribution in [0.3, 0.4) is 0 Å². The van der Waals surface area contributed by atoms with Crippen LogP contribution in [-0.4, -0.2) is 23.7 Å². The number of hydrogen-bond acceptors (Lipinski definition) is 4. The summed E-state index contributed by atoms with van der Waals surface area (Å²) in [6, 6.07) is 6.43. The SMILES string of the molecule is CC(=O)N[C@@H]1c2cc(C#N)ccc2OC[C@H]1O. The molecule has 0 unspecified atom stereocenters. The molecular weight excluding hydrogens is 220 g/mol. The highest BCUT2D eigenvalue weighted by atomic mass is 16.5. The maximum Gasteiger partial charge on any atom is 0.217 e. The van der Waals surface area contributed by atoms with Crippen molar-refractivity contribution >= 4 is 5.91 Å². The molecule has 0 bridgehead atoms. The average Bonchev–Trinajstić information content (AvgIpc) is 2.32. The van der Waals surface area contributed by atoms with Gasteiger partial charge in [-0.2, -0.15) is 5.26 Å². The highest BCUT2D eigenvalue weighted by Gasteiger charge is 2.30. The fraction of sp³-hybridized carbons (Fsp3) is 0.333. The zero-order chi connectivity index (χ0) is 12.4. The molecule has 5 nitrogen and oxygen atoms in total. The number of nitrogens with one attached hydrogen (secondary N) is 1. The lowest BCUT2D eigenvalue weighted by Crippen LogP contribution is -2.41. The maximum absolute atomic E-state index is 11.1. The summed E-state index contributed by atoms with van der Waals surface area (Å²) in [7, 11) is 0. The molecule has 0 radical (unpaired) electrons. The number of benzene rings is 1.